The molecular formula is C40H65N6O8+. The van der Waals surface area contributed by atoms with Gasteiger partial charge in [0.05, 0.1) is 39.6 Å². The minimum absolute atomic E-state index is 0.234. The Morgan fingerprint density at radius 1 is 1.11 bits per heavy atom. The van der Waals surface area contributed by atoms with E-state index in [1.807, 2.05) is 4.57 Å². The van der Waals surface area contributed by atoms with E-state index >= 15 is 0 Å². The summed E-state index contributed by atoms with van der Waals surface area (Å²) < 4.78 is 30.8. The minimum Gasteiger partial charge on any atom is -0.447 e. The standard InChI is InChI=1S/C40H64N6O8/c1-7-18-50-20-22-52-23-21-51-19-16-42-38(49)53-24-31-33(47)34(48)37(54-31)46-26-43-32-35(41)45(25-44-36(32)46)17-13-27(2)12-15-40(6)28(3)10-11-29-30(40)9-8-14-39(29,4)5/h11,13,25-26,28,30-31,33-34,37,41,47-48H,7-10,12,14-24H2,1-6H3,(H,42,49)/p+1/b27-13+/t28-,30+,31+,33+,34+,37+,40+/m0/s1. The number of ether oxygens (including phenoxy) is 5. The van der Waals surface area contributed by atoms with Gasteiger partial charge in [-0.25, -0.2) is 14.3 Å². The second-order valence-corrected chi connectivity index (χ2v) is 16.2. The number of hydrogen-bond acceptors (Lipinski definition) is 11. The number of nitrogen functional groups attached to an aromatic ring is 1. The average molecular weight is 758 g/mol. The number of anilines is 1. The minimum atomic E-state index is -1.31. The quantitative estimate of drug-likeness (QED) is 0.0893. The molecule has 2 aromatic heterocycles. The number of aliphatic hydroxyl groups is 2. The molecule has 0 spiro atoms. The van der Waals surface area contributed by atoms with Gasteiger partial charge in [-0.1, -0.05) is 69.3 Å². The normalized spacial score (nSPS) is 28.2. The van der Waals surface area contributed by atoms with Crippen LogP contribution in [0.1, 0.15) is 92.7 Å². The fourth-order valence-corrected chi connectivity index (χ4v) is 8.32. The zero-order valence-electron chi connectivity index (χ0n) is 33.3. The summed E-state index contributed by atoms with van der Waals surface area (Å²) in [4.78, 5) is 21.3. The van der Waals surface area contributed by atoms with Crippen molar-refractivity contribution in [2.45, 2.75) is 118 Å². The molecule has 5 N–H and O–H groups in total. The number of rotatable bonds is 19. The van der Waals surface area contributed by atoms with Crippen LogP contribution in [0.2, 0.25) is 0 Å². The number of alkyl carbamates (subject to hydrolysis) is 1. The topological polar surface area (TPSA) is 176 Å². The number of aliphatic hydroxyl groups excluding tert-OH is 2. The Bertz CT molecular complexity index is 1600. The van der Waals surface area contributed by atoms with E-state index in [2.05, 4.69) is 69.0 Å². The lowest BCUT2D eigenvalue weighted by Gasteiger charge is -2.53. The highest BCUT2D eigenvalue weighted by molar-refractivity contribution is 5.79. The molecule has 0 unspecified atom stereocenters. The molecule has 0 radical (unpaired) electrons. The molecule has 1 amide bonds. The van der Waals surface area contributed by atoms with Crippen LogP contribution in [0, 0.1) is 22.7 Å². The molecule has 1 saturated carbocycles. The Labute approximate surface area is 320 Å². The number of hydrogen-bond donors (Lipinski definition) is 4. The third kappa shape index (κ3) is 9.99. The van der Waals surface area contributed by atoms with Gasteiger partial charge < -0.3 is 44.9 Å². The molecule has 54 heavy (non-hydrogen) atoms. The van der Waals surface area contributed by atoms with Crippen LogP contribution in [-0.4, -0.2) is 102 Å². The number of fused-ring (bicyclic) bond motifs is 2. The number of nitrogens with two attached hydrogens (primary N) is 1. The van der Waals surface area contributed by atoms with Crippen molar-refractivity contribution in [3.63, 3.8) is 0 Å². The van der Waals surface area contributed by atoms with E-state index in [1.54, 1.807) is 16.5 Å². The lowest BCUT2D eigenvalue weighted by atomic mass is 9.52. The predicted octanol–water partition coefficient (Wildman–Crippen LogP) is 4.63. The Morgan fingerprint density at radius 2 is 1.83 bits per heavy atom. The summed E-state index contributed by atoms with van der Waals surface area (Å²) in [6.07, 6.45) is 10.9. The van der Waals surface area contributed by atoms with E-state index in [1.165, 1.54) is 31.2 Å². The van der Waals surface area contributed by atoms with Gasteiger partial charge in [-0.05, 0) is 68.1 Å². The smallest absolute Gasteiger partial charge is 0.407 e. The zero-order valence-corrected chi connectivity index (χ0v) is 33.3. The molecule has 3 aliphatic rings. The van der Waals surface area contributed by atoms with Gasteiger partial charge in [0.2, 0.25) is 12.0 Å². The number of amides is 1. The molecule has 1 aliphatic heterocycles. The number of nitrogens with one attached hydrogen (secondary N) is 1. The predicted molar refractivity (Wildman–Crippen MR) is 204 cm³/mol. The monoisotopic (exact) mass is 757 g/mol. The van der Waals surface area contributed by atoms with E-state index in [-0.39, 0.29) is 25.2 Å². The average Bonchev–Trinajstić information content (AvgIpc) is 3.70. The molecule has 3 heterocycles. The maximum atomic E-state index is 12.2. The van der Waals surface area contributed by atoms with Gasteiger partial charge in [-0.15, -0.1) is 0 Å². The van der Waals surface area contributed by atoms with Gasteiger partial charge >= 0.3 is 6.09 Å². The van der Waals surface area contributed by atoms with Gasteiger partial charge in [-0.3, -0.25) is 4.57 Å². The van der Waals surface area contributed by atoms with Crippen LogP contribution < -0.4 is 15.6 Å². The van der Waals surface area contributed by atoms with E-state index in [4.69, 9.17) is 29.4 Å². The summed E-state index contributed by atoms with van der Waals surface area (Å²) in [6, 6.07) is 0. The summed E-state index contributed by atoms with van der Waals surface area (Å²) in [7, 11) is 0. The SMILES string of the molecule is CCCOCCOCCOCCNC(=O)OC[C@H]1O[C@@H](n2cnc3c(N)[n+](C/C=C(\C)CC[C@@]4(C)[C@@H]5CCCC(C)(C)C5=CC[C@@H]4C)cnc32)[C@H](O)[C@@H]1O. The van der Waals surface area contributed by atoms with Crippen molar-refractivity contribution in [2.75, 3.05) is 58.5 Å². The first-order valence-corrected chi connectivity index (χ1v) is 19.9. The Hall–Kier alpha value is -3.14. The Morgan fingerprint density at radius 3 is 2.57 bits per heavy atom. The fraction of sp³-hybridized carbons (Fsp3) is 0.750. The number of allylic oxidation sites excluding steroid dienone is 4. The van der Waals surface area contributed by atoms with Crippen molar-refractivity contribution in [1.82, 2.24) is 19.9 Å². The lowest BCUT2D eigenvalue weighted by molar-refractivity contribution is -0.674. The third-order valence-electron chi connectivity index (χ3n) is 12.0. The molecule has 2 fully saturated rings. The van der Waals surface area contributed by atoms with E-state index in [0.717, 1.165) is 32.3 Å². The summed E-state index contributed by atoms with van der Waals surface area (Å²) in [6.45, 7) is 17.5. The molecule has 302 valence electrons. The highest BCUT2D eigenvalue weighted by Gasteiger charge is 2.48. The highest BCUT2D eigenvalue weighted by Crippen LogP contribution is 2.58. The summed E-state index contributed by atoms with van der Waals surface area (Å²) >= 11 is 0. The van der Waals surface area contributed by atoms with Gasteiger partial charge in [0.1, 0.15) is 31.2 Å². The van der Waals surface area contributed by atoms with Gasteiger partial charge in [-0.2, -0.15) is 0 Å². The van der Waals surface area contributed by atoms with E-state index in [9.17, 15) is 15.0 Å². The molecule has 14 nitrogen and oxygen atoms in total. The molecular weight excluding hydrogens is 692 g/mol. The molecule has 2 aliphatic carbocycles. The first kappa shape index (κ1) is 42.0. The van der Waals surface area contributed by atoms with E-state index < -0.39 is 30.6 Å². The maximum absolute atomic E-state index is 12.2. The van der Waals surface area contributed by atoms with E-state index in [0.29, 0.717) is 67.2 Å². The molecule has 0 aromatic carbocycles. The van der Waals surface area contributed by atoms with Gasteiger partial charge in [0, 0.05) is 13.2 Å². The number of imidazole rings is 1. The van der Waals surface area contributed by atoms with Crippen LogP contribution in [-0.2, 0) is 30.2 Å². The Balaban J connectivity index is 1.08. The number of carbonyl (C=O) groups excluding carboxylic acids is 1. The van der Waals surface area contributed by atoms with Crippen molar-refractivity contribution in [3.05, 3.63) is 36.0 Å². The number of carbonyl (C=O) groups is 1. The van der Waals surface area contributed by atoms with Crippen molar-refractivity contribution in [3.8, 4) is 0 Å². The number of aromatic nitrogens is 4. The van der Waals surface area contributed by atoms with Gasteiger partial charge in [0.15, 0.2) is 11.7 Å². The second-order valence-electron chi connectivity index (χ2n) is 16.2. The van der Waals surface area contributed by atoms with Crippen molar-refractivity contribution in [2.24, 2.45) is 22.7 Å². The molecule has 1 saturated heterocycles. The van der Waals surface area contributed by atoms with Crippen molar-refractivity contribution >= 4 is 23.1 Å². The molecule has 7 atom stereocenters. The molecule has 2 aromatic rings. The lowest BCUT2D eigenvalue weighted by Crippen LogP contribution is -2.43. The summed E-state index contributed by atoms with van der Waals surface area (Å²) in [5.74, 6) is 1.75. The maximum Gasteiger partial charge on any atom is 0.407 e. The second kappa shape index (κ2) is 19.1. The Kier molecular flexibility index (Phi) is 14.9. The van der Waals surface area contributed by atoms with Crippen LogP contribution >= 0.6 is 0 Å². The third-order valence-corrected chi connectivity index (χ3v) is 12.0. The largest absolute Gasteiger partial charge is 0.447 e. The first-order valence-electron chi connectivity index (χ1n) is 19.9. The molecule has 14 heteroatoms. The molecule has 0 bridgehead atoms. The highest BCUT2D eigenvalue weighted by atomic mass is 16.6. The zero-order chi connectivity index (χ0) is 38.9. The summed E-state index contributed by atoms with van der Waals surface area (Å²) in [5.41, 5.74) is 11.1. The number of nitrogens with zero attached hydrogens (tertiary/aromatic N) is 4. The first-order chi connectivity index (χ1) is 25.9. The van der Waals surface area contributed by atoms with Crippen molar-refractivity contribution < 1.29 is 43.3 Å². The van der Waals surface area contributed by atoms with Crippen LogP contribution in [0.5, 0.6) is 0 Å². The van der Waals surface area contributed by atoms with Crippen LogP contribution in [0.3, 0.4) is 0 Å². The summed E-state index contributed by atoms with van der Waals surface area (Å²) in [5, 5.41) is 24.2. The van der Waals surface area contributed by atoms with Gasteiger partial charge in [0.25, 0.3) is 5.82 Å². The molecule has 5 rings (SSSR count). The van der Waals surface area contributed by atoms with Crippen molar-refractivity contribution in [1.29, 1.82) is 0 Å². The van der Waals surface area contributed by atoms with Crippen LogP contribution in [0.25, 0.3) is 11.2 Å². The van der Waals surface area contributed by atoms with Crippen LogP contribution in [0.15, 0.2) is 36.0 Å². The fourth-order valence-electron chi connectivity index (χ4n) is 8.32. The van der Waals surface area contributed by atoms with Crippen LogP contribution in [0.4, 0.5) is 10.6 Å².